The lowest BCUT2D eigenvalue weighted by Crippen LogP contribution is -2.09. The molecule has 2 aromatic carbocycles. The summed E-state index contributed by atoms with van der Waals surface area (Å²) in [5.41, 5.74) is -0.139. The Kier molecular flexibility index (Phi) is 6.19. The topological polar surface area (TPSA) is 81.8 Å². The van der Waals surface area contributed by atoms with Crippen LogP contribution in [-0.2, 0) is 17.6 Å². The molecule has 3 aromatic rings. The number of halogens is 4. The second-order valence-corrected chi connectivity index (χ2v) is 6.62. The average Bonchev–Trinajstić information content (AvgIpc) is 3.06. The first-order valence-corrected chi connectivity index (χ1v) is 8.96. The van der Waals surface area contributed by atoms with Gasteiger partial charge in [-0.15, -0.1) is 0 Å². The van der Waals surface area contributed by atoms with Crippen LogP contribution in [-0.4, -0.2) is 22.7 Å². The Bertz CT molecular complexity index is 1110. The van der Waals surface area contributed by atoms with E-state index in [1.165, 1.54) is 6.07 Å². The standard InChI is InChI=1S/C21H17F4NO5/c1-11-3-5-14(29-10-19(27)28)8-17(11)30-9-18-12(2)26-20(31-18)13-4-6-15(16(22)7-13)21(23,24)25/h3-8H,9-10H2,1-2H3,(H,27,28). The number of hydrogen-bond acceptors (Lipinski definition) is 5. The van der Waals surface area contributed by atoms with Gasteiger partial charge in [0, 0.05) is 11.6 Å². The van der Waals surface area contributed by atoms with Gasteiger partial charge in [-0.25, -0.2) is 14.2 Å². The summed E-state index contributed by atoms with van der Waals surface area (Å²) in [6.45, 7) is 2.83. The SMILES string of the molecule is Cc1ccc(OCC(=O)O)cc1OCc1oc(-c2ccc(C(F)(F)F)c(F)c2)nc1C. The lowest BCUT2D eigenvalue weighted by molar-refractivity contribution is -0.140. The Balaban J connectivity index is 1.76. The number of benzene rings is 2. The van der Waals surface area contributed by atoms with Gasteiger partial charge in [0.15, 0.2) is 12.4 Å². The van der Waals surface area contributed by atoms with Crippen LogP contribution < -0.4 is 9.47 Å². The number of carboxylic acids is 1. The first-order chi connectivity index (χ1) is 14.5. The lowest BCUT2D eigenvalue weighted by Gasteiger charge is -2.10. The van der Waals surface area contributed by atoms with Gasteiger partial charge in [0.25, 0.3) is 0 Å². The largest absolute Gasteiger partial charge is 0.485 e. The highest BCUT2D eigenvalue weighted by atomic mass is 19.4. The van der Waals surface area contributed by atoms with E-state index in [0.29, 0.717) is 35.1 Å². The zero-order valence-corrected chi connectivity index (χ0v) is 16.4. The predicted molar refractivity (Wildman–Crippen MR) is 100 cm³/mol. The van der Waals surface area contributed by atoms with E-state index < -0.39 is 30.1 Å². The van der Waals surface area contributed by atoms with E-state index in [4.69, 9.17) is 19.0 Å². The fraction of sp³-hybridized carbons (Fsp3) is 0.238. The predicted octanol–water partition coefficient (Wildman–Crippen LogP) is 5.16. The van der Waals surface area contributed by atoms with Crippen LogP contribution in [0.15, 0.2) is 40.8 Å². The monoisotopic (exact) mass is 439 g/mol. The van der Waals surface area contributed by atoms with Gasteiger partial charge in [-0.3, -0.25) is 0 Å². The summed E-state index contributed by atoms with van der Waals surface area (Å²) in [5.74, 6) is -1.57. The molecular formula is C21H17F4NO5. The van der Waals surface area contributed by atoms with Gasteiger partial charge in [0.1, 0.15) is 23.9 Å². The molecular weight excluding hydrogens is 422 g/mol. The van der Waals surface area contributed by atoms with Crippen molar-refractivity contribution < 1.29 is 41.4 Å². The molecule has 0 saturated heterocycles. The minimum Gasteiger partial charge on any atom is -0.485 e. The highest BCUT2D eigenvalue weighted by Crippen LogP contribution is 2.34. The molecule has 10 heteroatoms. The summed E-state index contributed by atoms with van der Waals surface area (Å²) in [6.07, 6.45) is -4.80. The molecule has 31 heavy (non-hydrogen) atoms. The molecule has 3 rings (SSSR count). The molecule has 0 atom stereocenters. The molecule has 0 spiro atoms. The van der Waals surface area contributed by atoms with Crippen molar-refractivity contribution in [1.29, 1.82) is 0 Å². The van der Waals surface area contributed by atoms with Gasteiger partial charge in [0.2, 0.25) is 5.89 Å². The number of aliphatic carboxylic acids is 1. The van der Waals surface area contributed by atoms with Crippen molar-refractivity contribution in [1.82, 2.24) is 4.98 Å². The number of aromatic nitrogens is 1. The van der Waals surface area contributed by atoms with Gasteiger partial charge in [-0.2, -0.15) is 13.2 Å². The molecule has 6 nitrogen and oxygen atoms in total. The number of hydrogen-bond donors (Lipinski definition) is 1. The molecule has 0 aliphatic rings. The zero-order valence-electron chi connectivity index (χ0n) is 16.4. The van der Waals surface area contributed by atoms with Gasteiger partial charge in [-0.05, 0) is 43.7 Å². The lowest BCUT2D eigenvalue weighted by atomic mass is 10.1. The Hall–Kier alpha value is -3.56. The Morgan fingerprint density at radius 2 is 1.87 bits per heavy atom. The van der Waals surface area contributed by atoms with Crippen LogP contribution in [0.25, 0.3) is 11.5 Å². The second-order valence-electron chi connectivity index (χ2n) is 6.62. The zero-order chi connectivity index (χ0) is 22.8. The molecule has 0 fully saturated rings. The van der Waals surface area contributed by atoms with Crippen molar-refractivity contribution in [3.05, 3.63) is 64.8 Å². The second kappa shape index (κ2) is 8.66. The van der Waals surface area contributed by atoms with E-state index in [1.54, 1.807) is 26.0 Å². The van der Waals surface area contributed by atoms with Gasteiger partial charge in [0.05, 0.1) is 11.3 Å². The normalized spacial score (nSPS) is 11.4. The summed E-state index contributed by atoms with van der Waals surface area (Å²) < 4.78 is 68.4. The Morgan fingerprint density at radius 1 is 1.13 bits per heavy atom. The molecule has 1 aromatic heterocycles. The quantitative estimate of drug-likeness (QED) is 0.513. The first-order valence-electron chi connectivity index (χ1n) is 8.96. The molecule has 1 N–H and O–H groups in total. The summed E-state index contributed by atoms with van der Waals surface area (Å²) >= 11 is 0. The fourth-order valence-corrected chi connectivity index (χ4v) is 2.68. The van der Waals surface area contributed by atoms with Crippen molar-refractivity contribution in [2.75, 3.05) is 6.61 Å². The van der Waals surface area contributed by atoms with Crippen LogP contribution >= 0.6 is 0 Å². The van der Waals surface area contributed by atoms with Crippen LogP contribution in [0.2, 0.25) is 0 Å². The van der Waals surface area contributed by atoms with Crippen molar-refractivity contribution in [2.24, 2.45) is 0 Å². The summed E-state index contributed by atoms with van der Waals surface area (Å²) in [4.78, 5) is 14.8. The highest BCUT2D eigenvalue weighted by Gasteiger charge is 2.34. The molecule has 0 radical (unpaired) electrons. The van der Waals surface area contributed by atoms with Crippen LogP contribution in [0, 0.1) is 19.7 Å². The minimum absolute atomic E-state index is 0.0426. The molecule has 1 heterocycles. The number of rotatable bonds is 7. The van der Waals surface area contributed by atoms with E-state index in [1.807, 2.05) is 0 Å². The number of oxazole rings is 1. The Labute approximate surface area is 174 Å². The maximum Gasteiger partial charge on any atom is 0.419 e. The molecule has 0 aliphatic carbocycles. The van der Waals surface area contributed by atoms with Crippen molar-refractivity contribution in [3.63, 3.8) is 0 Å². The average molecular weight is 439 g/mol. The smallest absolute Gasteiger partial charge is 0.419 e. The molecule has 0 amide bonds. The highest BCUT2D eigenvalue weighted by molar-refractivity contribution is 5.68. The van der Waals surface area contributed by atoms with Crippen LogP contribution in [0.5, 0.6) is 11.5 Å². The van der Waals surface area contributed by atoms with E-state index in [-0.39, 0.29) is 18.1 Å². The van der Waals surface area contributed by atoms with Crippen molar-refractivity contribution in [3.8, 4) is 23.0 Å². The number of nitrogens with zero attached hydrogens (tertiary/aromatic N) is 1. The number of aryl methyl sites for hydroxylation is 2. The maximum atomic E-state index is 13.8. The number of ether oxygens (including phenoxy) is 2. The number of carbonyl (C=O) groups is 1. The number of carboxylic acid groups (broad SMARTS) is 1. The third-order valence-electron chi connectivity index (χ3n) is 4.29. The van der Waals surface area contributed by atoms with Crippen LogP contribution in [0.1, 0.15) is 22.6 Å². The molecule has 0 unspecified atom stereocenters. The third kappa shape index (κ3) is 5.33. The van der Waals surface area contributed by atoms with Crippen molar-refractivity contribution >= 4 is 5.97 Å². The van der Waals surface area contributed by atoms with Crippen molar-refractivity contribution in [2.45, 2.75) is 26.6 Å². The molecule has 0 bridgehead atoms. The van der Waals surface area contributed by atoms with E-state index in [0.717, 1.165) is 11.6 Å². The van der Waals surface area contributed by atoms with Crippen LogP contribution in [0.4, 0.5) is 17.6 Å². The molecule has 164 valence electrons. The van der Waals surface area contributed by atoms with Crippen LogP contribution in [0.3, 0.4) is 0 Å². The first kappa shape index (κ1) is 22.1. The summed E-state index contributed by atoms with van der Waals surface area (Å²) in [5, 5.41) is 8.69. The van der Waals surface area contributed by atoms with Gasteiger partial charge in [-0.1, -0.05) is 6.07 Å². The Morgan fingerprint density at radius 3 is 2.52 bits per heavy atom. The number of alkyl halides is 3. The molecule has 0 aliphatic heterocycles. The van der Waals surface area contributed by atoms with E-state index >= 15 is 0 Å². The van der Waals surface area contributed by atoms with E-state index in [2.05, 4.69) is 4.98 Å². The maximum absolute atomic E-state index is 13.8. The fourth-order valence-electron chi connectivity index (χ4n) is 2.68. The summed E-state index contributed by atoms with van der Waals surface area (Å²) in [6, 6.07) is 7.24. The summed E-state index contributed by atoms with van der Waals surface area (Å²) in [7, 11) is 0. The van der Waals surface area contributed by atoms with E-state index in [9.17, 15) is 22.4 Å². The van der Waals surface area contributed by atoms with Gasteiger partial charge < -0.3 is 19.0 Å². The van der Waals surface area contributed by atoms with Gasteiger partial charge >= 0.3 is 12.1 Å². The molecule has 0 saturated carbocycles. The minimum atomic E-state index is -4.80. The third-order valence-corrected chi connectivity index (χ3v) is 4.29.